The monoisotopic (exact) mass is 315 g/mol. The van der Waals surface area contributed by atoms with Gasteiger partial charge in [-0.05, 0) is 29.8 Å². The molecule has 23 heavy (non-hydrogen) atoms. The first-order chi connectivity index (χ1) is 11.1. The largest absolute Gasteiger partial charge is 0.493 e. The minimum atomic E-state index is -0.538. The van der Waals surface area contributed by atoms with Crippen LogP contribution in [-0.2, 0) is 16.1 Å². The molecule has 2 N–H and O–H groups in total. The number of hydrogen-bond acceptors (Lipinski definition) is 6. The molecule has 0 atom stereocenters. The quantitative estimate of drug-likeness (QED) is 0.376. The van der Waals surface area contributed by atoms with Crippen LogP contribution >= 0.6 is 0 Å². The summed E-state index contributed by atoms with van der Waals surface area (Å²) in [6.45, 7) is 0. The summed E-state index contributed by atoms with van der Waals surface area (Å²) < 4.78 is 10.3. The van der Waals surface area contributed by atoms with Crippen LogP contribution in [0.4, 0.5) is 0 Å². The standard InChI is InChI=1S/C16H17N3O4/c1-21-13-6-5-11(8-14(13)22-2)9-15(20)23-19-16(17)12-4-3-7-18-10-12/h3-8,10H,9H2,1-2H3,(H2,17,19). The van der Waals surface area contributed by atoms with Crippen molar-refractivity contribution >= 4 is 11.8 Å². The van der Waals surface area contributed by atoms with E-state index in [1.165, 1.54) is 13.3 Å². The van der Waals surface area contributed by atoms with Crippen molar-refractivity contribution < 1.29 is 19.1 Å². The van der Waals surface area contributed by atoms with Gasteiger partial charge in [0.15, 0.2) is 17.3 Å². The molecule has 0 bridgehead atoms. The predicted molar refractivity (Wildman–Crippen MR) is 84.3 cm³/mol. The van der Waals surface area contributed by atoms with Crippen molar-refractivity contribution in [3.8, 4) is 11.5 Å². The highest BCUT2D eigenvalue weighted by Crippen LogP contribution is 2.27. The smallest absolute Gasteiger partial charge is 0.339 e. The van der Waals surface area contributed by atoms with Crippen molar-refractivity contribution in [1.29, 1.82) is 0 Å². The Morgan fingerprint density at radius 2 is 2.00 bits per heavy atom. The van der Waals surface area contributed by atoms with Gasteiger partial charge in [0, 0.05) is 18.0 Å². The van der Waals surface area contributed by atoms with Gasteiger partial charge in [0.05, 0.1) is 20.6 Å². The summed E-state index contributed by atoms with van der Waals surface area (Å²) in [7, 11) is 3.07. The third-order valence-corrected chi connectivity index (χ3v) is 3.00. The first kappa shape index (κ1) is 16.3. The van der Waals surface area contributed by atoms with Gasteiger partial charge in [0.25, 0.3) is 0 Å². The van der Waals surface area contributed by atoms with Gasteiger partial charge in [-0.25, -0.2) is 4.79 Å². The van der Waals surface area contributed by atoms with Crippen LogP contribution < -0.4 is 15.2 Å². The zero-order valence-electron chi connectivity index (χ0n) is 12.9. The van der Waals surface area contributed by atoms with Crippen LogP contribution in [0.15, 0.2) is 47.9 Å². The van der Waals surface area contributed by atoms with Gasteiger partial charge in [-0.1, -0.05) is 11.2 Å². The number of oxime groups is 1. The molecular weight excluding hydrogens is 298 g/mol. The highest BCUT2D eigenvalue weighted by molar-refractivity contribution is 5.97. The van der Waals surface area contributed by atoms with E-state index in [0.717, 1.165) is 0 Å². The number of hydrogen-bond donors (Lipinski definition) is 1. The second-order valence-electron chi connectivity index (χ2n) is 4.55. The van der Waals surface area contributed by atoms with E-state index in [9.17, 15) is 4.79 Å². The maximum absolute atomic E-state index is 11.8. The molecule has 0 unspecified atom stereocenters. The molecule has 7 heteroatoms. The van der Waals surface area contributed by atoms with Crippen molar-refractivity contribution in [2.45, 2.75) is 6.42 Å². The highest BCUT2D eigenvalue weighted by atomic mass is 16.7. The van der Waals surface area contributed by atoms with E-state index in [-0.39, 0.29) is 12.3 Å². The molecule has 2 rings (SSSR count). The summed E-state index contributed by atoms with van der Waals surface area (Å²) in [5, 5.41) is 3.62. The average molecular weight is 315 g/mol. The van der Waals surface area contributed by atoms with E-state index in [4.69, 9.17) is 20.0 Å². The Balaban J connectivity index is 2.00. The molecule has 7 nitrogen and oxygen atoms in total. The molecule has 1 aromatic heterocycles. The Labute approximate surface area is 133 Å². The summed E-state index contributed by atoms with van der Waals surface area (Å²) in [6, 6.07) is 8.59. The van der Waals surface area contributed by atoms with Crippen LogP contribution in [0.2, 0.25) is 0 Å². The van der Waals surface area contributed by atoms with Crippen molar-refractivity contribution in [1.82, 2.24) is 4.98 Å². The molecule has 0 radical (unpaired) electrons. The topological polar surface area (TPSA) is 96.0 Å². The Kier molecular flexibility index (Phi) is 5.51. The van der Waals surface area contributed by atoms with E-state index < -0.39 is 5.97 Å². The van der Waals surface area contributed by atoms with Gasteiger partial charge in [-0.3, -0.25) is 4.98 Å². The number of rotatable bonds is 6. The zero-order valence-corrected chi connectivity index (χ0v) is 12.9. The first-order valence-corrected chi connectivity index (χ1v) is 6.78. The first-order valence-electron chi connectivity index (χ1n) is 6.78. The maximum Gasteiger partial charge on any atom is 0.339 e. The highest BCUT2D eigenvalue weighted by Gasteiger charge is 2.10. The molecule has 0 saturated carbocycles. The molecule has 2 aromatic rings. The van der Waals surface area contributed by atoms with E-state index in [1.807, 2.05) is 0 Å². The van der Waals surface area contributed by atoms with Gasteiger partial charge >= 0.3 is 5.97 Å². The average Bonchev–Trinajstić information content (AvgIpc) is 2.60. The van der Waals surface area contributed by atoms with Crippen molar-refractivity contribution in [2.24, 2.45) is 10.9 Å². The summed E-state index contributed by atoms with van der Waals surface area (Å²) in [5.41, 5.74) is 7.00. The number of aromatic nitrogens is 1. The van der Waals surface area contributed by atoms with Crippen molar-refractivity contribution in [3.05, 3.63) is 53.9 Å². The Hall–Kier alpha value is -3.09. The van der Waals surface area contributed by atoms with Gasteiger partial charge in [0.2, 0.25) is 0 Å². The lowest BCUT2D eigenvalue weighted by atomic mass is 10.1. The van der Waals surface area contributed by atoms with Crippen molar-refractivity contribution in [2.75, 3.05) is 14.2 Å². The third-order valence-electron chi connectivity index (χ3n) is 3.00. The lowest BCUT2D eigenvalue weighted by Crippen LogP contribution is -2.16. The normalized spacial score (nSPS) is 11.0. The van der Waals surface area contributed by atoms with Crippen LogP contribution in [0.3, 0.4) is 0 Å². The molecule has 0 aliphatic heterocycles. The summed E-state index contributed by atoms with van der Waals surface area (Å²) in [5.74, 6) is 0.669. The van der Waals surface area contributed by atoms with Gasteiger partial charge in [0.1, 0.15) is 0 Å². The number of nitrogens with two attached hydrogens (primary N) is 1. The lowest BCUT2D eigenvalue weighted by Gasteiger charge is -2.08. The Morgan fingerprint density at radius 1 is 1.22 bits per heavy atom. The van der Waals surface area contributed by atoms with E-state index in [2.05, 4.69) is 10.1 Å². The minimum absolute atomic E-state index is 0.0319. The number of amidine groups is 1. The summed E-state index contributed by atoms with van der Waals surface area (Å²) in [4.78, 5) is 20.6. The van der Waals surface area contributed by atoms with Crippen molar-refractivity contribution in [3.63, 3.8) is 0 Å². The Bertz CT molecular complexity index is 702. The molecule has 0 aliphatic carbocycles. The lowest BCUT2D eigenvalue weighted by molar-refractivity contribution is -0.142. The number of ether oxygens (including phenoxy) is 2. The minimum Gasteiger partial charge on any atom is -0.493 e. The fourth-order valence-electron chi connectivity index (χ4n) is 1.86. The predicted octanol–water partition coefficient (Wildman–Crippen LogP) is 1.51. The summed E-state index contributed by atoms with van der Waals surface area (Å²) >= 11 is 0. The van der Waals surface area contributed by atoms with Crippen LogP contribution in [0.25, 0.3) is 0 Å². The fraction of sp³-hybridized carbons (Fsp3) is 0.188. The molecule has 1 heterocycles. The number of carbonyl (C=O) groups is 1. The van der Waals surface area contributed by atoms with Gasteiger partial charge in [-0.15, -0.1) is 0 Å². The SMILES string of the molecule is COc1ccc(CC(=O)ON=C(N)c2cccnc2)cc1OC. The fourth-order valence-corrected chi connectivity index (χ4v) is 1.86. The summed E-state index contributed by atoms with van der Waals surface area (Å²) in [6.07, 6.45) is 3.17. The van der Waals surface area contributed by atoms with Crippen LogP contribution in [-0.4, -0.2) is 31.0 Å². The number of pyridine rings is 1. The van der Waals surface area contributed by atoms with Gasteiger partial charge < -0.3 is 20.0 Å². The number of carbonyl (C=O) groups excluding carboxylic acids is 1. The van der Waals surface area contributed by atoms with Crippen LogP contribution in [0.1, 0.15) is 11.1 Å². The maximum atomic E-state index is 11.8. The van der Waals surface area contributed by atoms with E-state index in [1.54, 1.807) is 43.6 Å². The second kappa shape index (κ2) is 7.79. The second-order valence-corrected chi connectivity index (χ2v) is 4.55. The number of benzene rings is 1. The molecule has 0 amide bonds. The molecule has 1 aromatic carbocycles. The molecular formula is C16H17N3O4. The zero-order chi connectivity index (χ0) is 16.7. The van der Waals surface area contributed by atoms with Gasteiger partial charge in [-0.2, -0.15) is 0 Å². The molecule has 0 saturated heterocycles. The molecule has 0 fully saturated rings. The number of methoxy groups -OCH3 is 2. The number of nitrogens with zero attached hydrogens (tertiary/aromatic N) is 2. The van der Waals surface area contributed by atoms with Crippen LogP contribution in [0.5, 0.6) is 11.5 Å². The molecule has 120 valence electrons. The van der Waals surface area contributed by atoms with E-state index in [0.29, 0.717) is 22.6 Å². The third kappa shape index (κ3) is 4.44. The molecule has 0 aliphatic rings. The molecule has 0 spiro atoms. The Morgan fingerprint density at radius 3 is 2.65 bits per heavy atom. The van der Waals surface area contributed by atoms with Crippen LogP contribution in [0, 0.1) is 0 Å². The van der Waals surface area contributed by atoms with E-state index >= 15 is 0 Å².